The number of amides is 1. The molecule has 3 N–H and O–H groups in total. The Morgan fingerprint density at radius 2 is 2.00 bits per heavy atom. The Morgan fingerprint density at radius 1 is 1.19 bits per heavy atom. The minimum absolute atomic E-state index is 0.00517. The molecule has 2 aliphatic rings. The molecule has 1 amide bonds. The van der Waals surface area contributed by atoms with Crippen molar-refractivity contribution in [3.05, 3.63) is 18.3 Å². The van der Waals surface area contributed by atoms with Crippen molar-refractivity contribution in [3.8, 4) is 0 Å². The summed E-state index contributed by atoms with van der Waals surface area (Å²) in [6.45, 7) is 2.16. The van der Waals surface area contributed by atoms with Gasteiger partial charge in [-0.15, -0.1) is 0 Å². The average molecular weight is 288 g/mol. The normalized spacial score (nSPS) is 25.9. The zero-order valence-electron chi connectivity index (χ0n) is 12.4. The summed E-state index contributed by atoms with van der Waals surface area (Å²) in [6, 6.07) is 3.94. The SMILES string of the molecule is NC1CCCC1C(=O)Nc1ccc(N2CCCCC2)nc1. The Morgan fingerprint density at radius 3 is 2.62 bits per heavy atom. The van der Waals surface area contributed by atoms with Crippen LogP contribution in [0.1, 0.15) is 38.5 Å². The second-order valence-corrected chi connectivity index (χ2v) is 6.14. The van der Waals surface area contributed by atoms with E-state index in [1.165, 1.54) is 19.3 Å². The fourth-order valence-corrected chi connectivity index (χ4v) is 3.32. The molecule has 1 saturated heterocycles. The van der Waals surface area contributed by atoms with Gasteiger partial charge in [-0.25, -0.2) is 4.98 Å². The molecule has 2 heterocycles. The molecule has 1 aliphatic heterocycles. The molecular formula is C16H24N4O. The molecule has 5 heteroatoms. The summed E-state index contributed by atoms with van der Waals surface area (Å²) in [5.74, 6) is 0.990. The first-order valence-corrected chi connectivity index (χ1v) is 8.01. The van der Waals surface area contributed by atoms with Gasteiger partial charge >= 0.3 is 0 Å². The average Bonchev–Trinajstić information content (AvgIpc) is 2.95. The highest BCUT2D eigenvalue weighted by atomic mass is 16.1. The Hall–Kier alpha value is -1.62. The molecule has 0 radical (unpaired) electrons. The van der Waals surface area contributed by atoms with Crippen molar-refractivity contribution in [3.63, 3.8) is 0 Å². The summed E-state index contributed by atoms with van der Waals surface area (Å²) in [6.07, 6.45) is 8.43. The monoisotopic (exact) mass is 288 g/mol. The fourth-order valence-electron chi connectivity index (χ4n) is 3.32. The van der Waals surface area contributed by atoms with Gasteiger partial charge in [0.1, 0.15) is 5.82 Å². The van der Waals surface area contributed by atoms with E-state index in [1.807, 2.05) is 12.1 Å². The summed E-state index contributed by atoms with van der Waals surface area (Å²) in [5, 5.41) is 2.94. The molecule has 21 heavy (non-hydrogen) atoms. The van der Waals surface area contributed by atoms with E-state index in [2.05, 4.69) is 15.2 Å². The number of pyridine rings is 1. The van der Waals surface area contributed by atoms with Gasteiger partial charge in [0.05, 0.1) is 17.8 Å². The fraction of sp³-hybridized carbons (Fsp3) is 0.625. The number of nitrogens with two attached hydrogens (primary N) is 1. The van der Waals surface area contributed by atoms with E-state index >= 15 is 0 Å². The number of hydrogen-bond acceptors (Lipinski definition) is 4. The predicted molar refractivity (Wildman–Crippen MR) is 84.2 cm³/mol. The van der Waals surface area contributed by atoms with Crippen molar-refractivity contribution in [2.45, 2.75) is 44.6 Å². The summed E-state index contributed by atoms with van der Waals surface area (Å²) < 4.78 is 0. The molecule has 2 unspecified atom stereocenters. The van der Waals surface area contributed by atoms with Crippen LogP contribution >= 0.6 is 0 Å². The first-order chi connectivity index (χ1) is 10.2. The van der Waals surface area contributed by atoms with Gasteiger partial charge in [-0.1, -0.05) is 6.42 Å². The molecule has 2 fully saturated rings. The van der Waals surface area contributed by atoms with Crippen LogP contribution in [0, 0.1) is 5.92 Å². The lowest BCUT2D eigenvalue weighted by molar-refractivity contribution is -0.120. The summed E-state index contributed by atoms with van der Waals surface area (Å²) >= 11 is 0. The van der Waals surface area contributed by atoms with E-state index in [0.717, 1.165) is 43.9 Å². The second-order valence-electron chi connectivity index (χ2n) is 6.14. The van der Waals surface area contributed by atoms with Gasteiger partial charge in [-0.3, -0.25) is 4.79 Å². The molecule has 0 spiro atoms. The van der Waals surface area contributed by atoms with Gasteiger partial charge < -0.3 is 16.0 Å². The van der Waals surface area contributed by atoms with Crippen LogP contribution in [-0.2, 0) is 4.79 Å². The smallest absolute Gasteiger partial charge is 0.229 e. The summed E-state index contributed by atoms with van der Waals surface area (Å²) in [7, 11) is 0. The zero-order valence-corrected chi connectivity index (χ0v) is 12.4. The number of rotatable bonds is 3. The Kier molecular flexibility index (Phi) is 4.39. The molecule has 1 aliphatic carbocycles. The molecule has 0 bridgehead atoms. The first-order valence-electron chi connectivity index (χ1n) is 8.01. The minimum atomic E-state index is -0.0493. The van der Waals surface area contributed by atoms with Gasteiger partial charge in [-0.2, -0.15) is 0 Å². The third-order valence-electron chi connectivity index (χ3n) is 4.60. The number of nitrogens with zero attached hydrogens (tertiary/aromatic N) is 2. The van der Waals surface area contributed by atoms with Gasteiger partial charge in [0, 0.05) is 19.1 Å². The Balaban J connectivity index is 1.60. The van der Waals surface area contributed by atoms with Crippen LogP contribution in [-0.4, -0.2) is 30.0 Å². The van der Waals surface area contributed by atoms with Gasteiger partial charge in [0.25, 0.3) is 0 Å². The molecule has 0 aromatic carbocycles. The molecule has 1 aromatic heterocycles. The third-order valence-corrected chi connectivity index (χ3v) is 4.60. The largest absolute Gasteiger partial charge is 0.357 e. The quantitative estimate of drug-likeness (QED) is 0.894. The van der Waals surface area contributed by atoms with Crippen LogP contribution in [0.2, 0.25) is 0 Å². The number of anilines is 2. The van der Waals surface area contributed by atoms with Crippen molar-refractivity contribution in [1.29, 1.82) is 0 Å². The number of carbonyl (C=O) groups is 1. The van der Waals surface area contributed by atoms with Crippen molar-refractivity contribution in [1.82, 2.24) is 4.98 Å². The van der Waals surface area contributed by atoms with Crippen molar-refractivity contribution < 1.29 is 4.79 Å². The summed E-state index contributed by atoms with van der Waals surface area (Å²) in [5.41, 5.74) is 6.74. The first kappa shape index (κ1) is 14.3. The lowest BCUT2D eigenvalue weighted by atomic mass is 10.0. The van der Waals surface area contributed by atoms with Crippen LogP contribution in [0.15, 0.2) is 18.3 Å². The highest BCUT2D eigenvalue weighted by Crippen LogP contribution is 2.25. The van der Waals surface area contributed by atoms with Crippen molar-refractivity contribution in [2.24, 2.45) is 11.7 Å². The standard InChI is InChI=1S/C16H24N4O/c17-14-6-4-5-13(14)16(21)19-12-7-8-15(18-11-12)20-9-2-1-3-10-20/h7-8,11,13-14H,1-6,9-10,17H2,(H,19,21). The summed E-state index contributed by atoms with van der Waals surface area (Å²) in [4.78, 5) is 19.0. The van der Waals surface area contributed by atoms with E-state index < -0.39 is 0 Å². The molecule has 1 saturated carbocycles. The van der Waals surface area contributed by atoms with Crippen LogP contribution < -0.4 is 16.0 Å². The maximum atomic E-state index is 12.2. The second kappa shape index (κ2) is 6.43. The number of carbonyl (C=O) groups excluding carboxylic acids is 1. The lowest BCUT2D eigenvalue weighted by Gasteiger charge is -2.27. The highest BCUT2D eigenvalue weighted by molar-refractivity contribution is 5.93. The molecule has 3 rings (SSSR count). The van der Waals surface area contributed by atoms with E-state index in [1.54, 1.807) is 6.20 Å². The highest BCUT2D eigenvalue weighted by Gasteiger charge is 2.30. The van der Waals surface area contributed by atoms with E-state index in [9.17, 15) is 4.79 Å². The maximum absolute atomic E-state index is 12.2. The van der Waals surface area contributed by atoms with Gasteiger partial charge in [0.2, 0.25) is 5.91 Å². The lowest BCUT2D eigenvalue weighted by Crippen LogP contribution is -2.34. The molecular weight excluding hydrogens is 264 g/mol. The number of nitrogens with one attached hydrogen (secondary N) is 1. The topological polar surface area (TPSA) is 71.2 Å². The third kappa shape index (κ3) is 3.35. The minimum Gasteiger partial charge on any atom is -0.357 e. The van der Waals surface area contributed by atoms with Crippen LogP contribution in [0.5, 0.6) is 0 Å². The molecule has 114 valence electrons. The van der Waals surface area contributed by atoms with E-state index in [0.29, 0.717) is 0 Å². The zero-order chi connectivity index (χ0) is 14.7. The number of piperidine rings is 1. The molecule has 5 nitrogen and oxygen atoms in total. The number of aromatic nitrogens is 1. The van der Waals surface area contributed by atoms with Crippen LogP contribution in [0.4, 0.5) is 11.5 Å². The Labute approximate surface area is 125 Å². The molecule has 1 aromatic rings. The van der Waals surface area contributed by atoms with Gasteiger partial charge in [0.15, 0.2) is 0 Å². The van der Waals surface area contributed by atoms with E-state index in [-0.39, 0.29) is 17.9 Å². The van der Waals surface area contributed by atoms with Crippen molar-refractivity contribution >= 4 is 17.4 Å². The van der Waals surface area contributed by atoms with Crippen LogP contribution in [0.3, 0.4) is 0 Å². The van der Waals surface area contributed by atoms with Gasteiger partial charge in [-0.05, 0) is 44.2 Å². The van der Waals surface area contributed by atoms with Crippen molar-refractivity contribution in [2.75, 3.05) is 23.3 Å². The maximum Gasteiger partial charge on any atom is 0.229 e. The van der Waals surface area contributed by atoms with Crippen LogP contribution in [0.25, 0.3) is 0 Å². The van der Waals surface area contributed by atoms with E-state index in [4.69, 9.17) is 5.73 Å². The number of hydrogen-bond donors (Lipinski definition) is 2. The Bertz CT molecular complexity index is 482. The predicted octanol–water partition coefficient (Wildman–Crippen LogP) is 2.14. The molecule has 2 atom stereocenters.